The number of hydrogen-bond donors (Lipinski definition) is 2. The van der Waals surface area contributed by atoms with E-state index in [9.17, 15) is 5.11 Å². The van der Waals surface area contributed by atoms with Crippen molar-refractivity contribution in [1.82, 2.24) is 5.32 Å². The number of furan rings is 1. The minimum Gasteiger partial charge on any atom is -0.467 e. The van der Waals surface area contributed by atoms with Crippen molar-refractivity contribution >= 4 is 0 Å². The zero-order chi connectivity index (χ0) is 8.44. The van der Waals surface area contributed by atoms with Crippen LogP contribution in [0.4, 0.5) is 0 Å². The molecule has 1 aromatic heterocycles. The molecule has 1 atom stereocenters. The van der Waals surface area contributed by atoms with Gasteiger partial charge in [0.2, 0.25) is 0 Å². The molecule has 2 N–H and O–H groups in total. The van der Waals surface area contributed by atoms with Gasteiger partial charge in [-0.2, -0.15) is 0 Å². The van der Waals surface area contributed by atoms with E-state index >= 15 is 0 Å². The summed E-state index contributed by atoms with van der Waals surface area (Å²) in [5, 5.41) is 12.5. The van der Waals surface area contributed by atoms with Crippen molar-refractivity contribution in [3.63, 3.8) is 0 Å². The van der Waals surface area contributed by atoms with Gasteiger partial charge in [-0.05, 0) is 31.5 Å². The first-order valence-corrected chi connectivity index (χ1v) is 4.27. The van der Waals surface area contributed by atoms with Crippen LogP contribution in [0.5, 0.6) is 0 Å². The Morgan fingerprint density at radius 1 is 1.67 bits per heavy atom. The topological polar surface area (TPSA) is 45.4 Å². The van der Waals surface area contributed by atoms with Gasteiger partial charge in [0.25, 0.3) is 0 Å². The summed E-state index contributed by atoms with van der Waals surface area (Å²) in [5.74, 6) is 0.850. The van der Waals surface area contributed by atoms with Crippen molar-refractivity contribution in [2.75, 3.05) is 13.2 Å². The van der Waals surface area contributed by atoms with Gasteiger partial charge in [0.15, 0.2) is 0 Å². The molecule has 66 valence electrons. The smallest absolute Gasteiger partial charge is 0.126 e. The van der Waals surface area contributed by atoms with Crippen LogP contribution >= 0.6 is 0 Å². The van der Waals surface area contributed by atoms with Gasteiger partial charge in [0.05, 0.1) is 12.9 Å². The van der Waals surface area contributed by atoms with Crippen LogP contribution in [0.1, 0.15) is 18.6 Å². The van der Waals surface area contributed by atoms with Crippen molar-refractivity contribution in [3.05, 3.63) is 24.2 Å². The molecule has 0 saturated carbocycles. The zero-order valence-corrected chi connectivity index (χ0v) is 6.92. The maximum absolute atomic E-state index is 9.27. The molecule has 0 radical (unpaired) electrons. The molecule has 0 amide bonds. The molecule has 2 heterocycles. The van der Waals surface area contributed by atoms with Crippen molar-refractivity contribution in [2.45, 2.75) is 18.4 Å². The predicted molar refractivity (Wildman–Crippen MR) is 44.7 cm³/mol. The van der Waals surface area contributed by atoms with Gasteiger partial charge in [-0.15, -0.1) is 0 Å². The van der Waals surface area contributed by atoms with Gasteiger partial charge in [0, 0.05) is 0 Å². The normalized spacial score (nSPS) is 29.4. The van der Waals surface area contributed by atoms with E-state index in [1.54, 1.807) is 6.26 Å². The second-order valence-corrected chi connectivity index (χ2v) is 3.25. The molecule has 1 fully saturated rings. The fourth-order valence-corrected chi connectivity index (χ4v) is 1.78. The average molecular weight is 167 g/mol. The number of rotatable bonds is 2. The Morgan fingerprint density at radius 3 is 3.08 bits per heavy atom. The summed E-state index contributed by atoms with van der Waals surface area (Å²) < 4.78 is 5.29. The standard InChI is InChI=1S/C9H13NO2/c11-7-9(4-2-5-10-9)8-3-1-6-12-8/h1,3,6,10-11H,2,4-5,7H2. The maximum Gasteiger partial charge on any atom is 0.126 e. The molecular weight excluding hydrogens is 154 g/mol. The van der Waals surface area contributed by atoms with Crippen LogP contribution in [0.25, 0.3) is 0 Å². The van der Waals surface area contributed by atoms with Crippen molar-refractivity contribution in [3.8, 4) is 0 Å². The second kappa shape index (κ2) is 2.92. The first kappa shape index (κ1) is 7.83. The monoisotopic (exact) mass is 167 g/mol. The van der Waals surface area contributed by atoms with E-state index in [-0.39, 0.29) is 12.1 Å². The summed E-state index contributed by atoms with van der Waals surface area (Å²) in [6, 6.07) is 3.77. The van der Waals surface area contributed by atoms with Gasteiger partial charge in [-0.1, -0.05) is 0 Å². The lowest BCUT2D eigenvalue weighted by Crippen LogP contribution is -2.39. The van der Waals surface area contributed by atoms with Crippen molar-refractivity contribution in [2.24, 2.45) is 0 Å². The minimum absolute atomic E-state index is 0.112. The summed E-state index contributed by atoms with van der Waals surface area (Å²) in [7, 11) is 0. The van der Waals surface area contributed by atoms with Crippen LogP contribution < -0.4 is 5.32 Å². The summed E-state index contributed by atoms with van der Waals surface area (Å²) in [6.07, 6.45) is 3.70. The van der Waals surface area contributed by atoms with Crippen LogP contribution in [0, 0.1) is 0 Å². The number of aliphatic hydroxyl groups is 1. The van der Waals surface area contributed by atoms with E-state index in [1.807, 2.05) is 12.1 Å². The summed E-state index contributed by atoms with van der Waals surface area (Å²) in [6.45, 7) is 1.07. The second-order valence-electron chi connectivity index (χ2n) is 3.25. The van der Waals surface area contributed by atoms with E-state index in [0.717, 1.165) is 25.1 Å². The molecular formula is C9H13NO2. The Morgan fingerprint density at radius 2 is 2.58 bits per heavy atom. The largest absolute Gasteiger partial charge is 0.467 e. The van der Waals surface area contributed by atoms with E-state index in [4.69, 9.17) is 4.42 Å². The van der Waals surface area contributed by atoms with Crippen LogP contribution in [0.2, 0.25) is 0 Å². The van der Waals surface area contributed by atoms with Gasteiger partial charge in [-0.3, -0.25) is 0 Å². The number of aliphatic hydroxyl groups excluding tert-OH is 1. The zero-order valence-electron chi connectivity index (χ0n) is 6.92. The minimum atomic E-state index is -0.302. The molecule has 12 heavy (non-hydrogen) atoms. The van der Waals surface area contributed by atoms with E-state index < -0.39 is 0 Å². The fraction of sp³-hybridized carbons (Fsp3) is 0.556. The maximum atomic E-state index is 9.27. The fourth-order valence-electron chi connectivity index (χ4n) is 1.78. The third kappa shape index (κ3) is 1.06. The highest BCUT2D eigenvalue weighted by atomic mass is 16.3. The molecule has 1 saturated heterocycles. The molecule has 2 rings (SSSR count). The highest BCUT2D eigenvalue weighted by Crippen LogP contribution is 2.30. The Labute approximate surface area is 71.4 Å². The van der Waals surface area contributed by atoms with Crippen molar-refractivity contribution in [1.29, 1.82) is 0 Å². The molecule has 0 aliphatic carbocycles. The lowest BCUT2D eigenvalue weighted by atomic mass is 9.96. The Balaban J connectivity index is 2.28. The van der Waals surface area contributed by atoms with E-state index in [0.29, 0.717) is 0 Å². The molecule has 1 aliphatic heterocycles. The van der Waals surface area contributed by atoms with E-state index in [2.05, 4.69) is 5.32 Å². The van der Waals surface area contributed by atoms with Gasteiger partial charge in [0.1, 0.15) is 11.3 Å². The van der Waals surface area contributed by atoms with E-state index in [1.165, 1.54) is 0 Å². The first-order valence-electron chi connectivity index (χ1n) is 4.27. The number of nitrogens with one attached hydrogen (secondary N) is 1. The average Bonchev–Trinajstić information content (AvgIpc) is 2.76. The highest BCUT2D eigenvalue weighted by molar-refractivity contribution is 5.14. The molecule has 0 bridgehead atoms. The SMILES string of the molecule is OCC1(c2ccco2)CCCN1. The van der Waals surface area contributed by atoms with Crippen molar-refractivity contribution < 1.29 is 9.52 Å². The van der Waals surface area contributed by atoms with Crippen LogP contribution in [0.3, 0.4) is 0 Å². The third-order valence-electron chi connectivity index (χ3n) is 2.51. The third-order valence-corrected chi connectivity index (χ3v) is 2.51. The first-order chi connectivity index (χ1) is 5.87. The van der Waals surface area contributed by atoms with Gasteiger partial charge < -0.3 is 14.8 Å². The molecule has 3 heteroatoms. The molecule has 1 aliphatic rings. The molecule has 1 unspecified atom stereocenters. The summed E-state index contributed by atoms with van der Waals surface area (Å²) >= 11 is 0. The Bertz CT molecular complexity index is 237. The van der Waals surface area contributed by atoms with Crippen LogP contribution in [-0.2, 0) is 5.54 Å². The quantitative estimate of drug-likeness (QED) is 0.686. The Kier molecular flexibility index (Phi) is 1.90. The molecule has 0 aromatic carbocycles. The van der Waals surface area contributed by atoms with Crippen LogP contribution in [-0.4, -0.2) is 18.3 Å². The summed E-state index contributed by atoms with van der Waals surface area (Å²) in [4.78, 5) is 0. The molecule has 1 aromatic rings. The Hall–Kier alpha value is -0.800. The lowest BCUT2D eigenvalue weighted by Gasteiger charge is -2.24. The summed E-state index contributed by atoms with van der Waals surface area (Å²) in [5.41, 5.74) is -0.302. The van der Waals surface area contributed by atoms with Gasteiger partial charge in [-0.25, -0.2) is 0 Å². The highest BCUT2D eigenvalue weighted by Gasteiger charge is 2.36. The molecule has 3 nitrogen and oxygen atoms in total. The lowest BCUT2D eigenvalue weighted by molar-refractivity contribution is 0.156. The van der Waals surface area contributed by atoms with Crippen LogP contribution in [0.15, 0.2) is 22.8 Å². The predicted octanol–water partition coefficient (Wildman–Crippen LogP) is 0.851. The van der Waals surface area contributed by atoms with Gasteiger partial charge >= 0.3 is 0 Å². The number of hydrogen-bond acceptors (Lipinski definition) is 3. The molecule has 0 spiro atoms.